The minimum absolute atomic E-state index is 0.102. The second-order valence-electron chi connectivity index (χ2n) is 4.80. The number of carbonyl (C=O) groups excluding carboxylic acids is 1. The molecule has 1 N–H and O–H groups in total. The largest absolute Gasteiger partial charge is 0.480 e. The number of benzene rings is 1. The Kier molecular flexibility index (Phi) is 3.85. The molecule has 1 fully saturated rings. The molecule has 1 aliphatic rings. The Bertz CT molecular complexity index is 529. The van der Waals surface area contributed by atoms with Gasteiger partial charge in [-0.25, -0.2) is 4.79 Å². The summed E-state index contributed by atoms with van der Waals surface area (Å²) >= 11 is 1.50. The van der Waals surface area contributed by atoms with Crippen molar-refractivity contribution in [2.24, 2.45) is 0 Å². The van der Waals surface area contributed by atoms with Crippen LogP contribution in [0.1, 0.15) is 28.4 Å². The van der Waals surface area contributed by atoms with Gasteiger partial charge in [-0.3, -0.25) is 4.79 Å². The van der Waals surface area contributed by atoms with E-state index in [-0.39, 0.29) is 11.3 Å². The molecule has 1 aliphatic heterocycles. The molecule has 0 spiro atoms. The zero-order valence-corrected chi connectivity index (χ0v) is 12.0. The van der Waals surface area contributed by atoms with Crippen molar-refractivity contribution >= 4 is 23.6 Å². The molecule has 1 saturated heterocycles. The van der Waals surface area contributed by atoms with Crippen molar-refractivity contribution < 1.29 is 14.7 Å². The van der Waals surface area contributed by atoms with Crippen LogP contribution in [0.15, 0.2) is 18.2 Å². The van der Waals surface area contributed by atoms with E-state index in [9.17, 15) is 14.7 Å². The van der Waals surface area contributed by atoms with Crippen molar-refractivity contribution in [2.75, 3.05) is 5.75 Å². The molecule has 1 aromatic rings. The van der Waals surface area contributed by atoms with E-state index in [2.05, 4.69) is 0 Å². The molecule has 2 atom stereocenters. The van der Waals surface area contributed by atoms with Crippen LogP contribution in [0.3, 0.4) is 0 Å². The smallest absolute Gasteiger partial charge is 0.327 e. The first-order valence-corrected chi connectivity index (χ1v) is 7.21. The maximum Gasteiger partial charge on any atom is 0.327 e. The molecule has 102 valence electrons. The molecule has 1 aromatic carbocycles. The van der Waals surface area contributed by atoms with Crippen molar-refractivity contribution in [1.82, 2.24) is 4.90 Å². The standard InChI is InChI=1S/C14H17NO3S/c1-8-4-5-11(6-9(8)2)13(16)15-10(3)19-7-12(15)14(17)18/h4-6,10,12H,7H2,1-3H3,(H,17,18). The van der Waals surface area contributed by atoms with E-state index in [0.717, 1.165) is 11.1 Å². The SMILES string of the molecule is Cc1ccc(C(=O)N2C(C)SCC2C(=O)O)cc1C. The Balaban J connectivity index is 2.31. The molecule has 0 bridgehead atoms. The van der Waals surface area contributed by atoms with E-state index in [1.165, 1.54) is 16.7 Å². The Hall–Kier alpha value is -1.49. The summed E-state index contributed by atoms with van der Waals surface area (Å²) in [5.74, 6) is -0.686. The average molecular weight is 279 g/mol. The Morgan fingerprint density at radius 3 is 2.58 bits per heavy atom. The van der Waals surface area contributed by atoms with Crippen LogP contribution in [-0.4, -0.2) is 39.1 Å². The summed E-state index contributed by atoms with van der Waals surface area (Å²) in [5.41, 5.74) is 2.72. The third-order valence-electron chi connectivity index (χ3n) is 3.50. The number of amides is 1. The number of aliphatic carboxylic acids is 1. The van der Waals surface area contributed by atoms with Crippen molar-refractivity contribution in [2.45, 2.75) is 32.2 Å². The minimum atomic E-state index is -0.936. The average Bonchev–Trinajstić information content (AvgIpc) is 2.74. The van der Waals surface area contributed by atoms with Gasteiger partial charge in [-0.15, -0.1) is 11.8 Å². The van der Waals surface area contributed by atoms with Gasteiger partial charge in [0, 0.05) is 11.3 Å². The predicted octanol–water partition coefficient (Wildman–Crippen LogP) is 2.29. The molecule has 2 unspecified atom stereocenters. The maximum absolute atomic E-state index is 12.5. The van der Waals surface area contributed by atoms with E-state index in [4.69, 9.17) is 0 Å². The van der Waals surface area contributed by atoms with Gasteiger partial charge >= 0.3 is 5.97 Å². The third-order valence-corrected chi connectivity index (χ3v) is 4.71. The molecule has 2 rings (SSSR count). The summed E-state index contributed by atoms with van der Waals surface area (Å²) in [6.45, 7) is 5.80. The quantitative estimate of drug-likeness (QED) is 0.902. The molecule has 19 heavy (non-hydrogen) atoms. The van der Waals surface area contributed by atoms with Gasteiger partial charge < -0.3 is 10.0 Å². The topological polar surface area (TPSA) is 57.6 Å². The number of carboxylic acids is 1. The van der Waals surface area contributed by atoms with Gasteiger partial charge in [0.1, 0.15) is 6.04 Å². The molecule has 0 aliphatic carbocycles. The van der Waals surface area contributed by atoms with Crippen LogP contribution < -0.4 is 0 Å². The number of carbonyl (C=O) groups is 2. The molecular weight excluding hydrogens is 262 g/mol. The molecule has 1 heterocycles. The van der Waals surface area contributed by atoms with Crippen molar-refractivity contribution in [1.29, 1.82) is 0 Å². The summed E-state index contributed by atoms with van der Waals surface area (Å²) in [6, 6.07) is 4.76. The zero-order chi connectivity index (χ0) is 14.2. The third kappa shape index (κ3) is 2.61. The van der Waals surface area contributed by atoms with Crippen molar-refractivity contribution in [3.63, 3.8) is 0 Å². The van der Waals surface area contributed by atoms with E-state index < -0.39 is 12.0 Å². The van der Waals surface area contributed by atoms with Gasteiger partial charge in [0.25, 0.3) is 5.91 Å². The number of nitrogens with zero attached hydrogens (tertiary/aromatic N) is 1. The Morgan fingerprint density at radius 1 is 1.32 bits per heavy atom. The molecule has 0 aromatic heterocycles. The molecular formula is C14H17NO3S. The fourth-order valence-electron chi connectivity index (χ4n) is 2.16. The van der Waals surface area contributed by atoms with Gasteiger partial charge in [-0.05, 0) is 44.0 Å². The summed E-state index contributed by atoms with van der Waals surface area (Å²) in [5, 5.41) is 9.09. The van der Waals surface area contributed by atoms with Gasteiger partial charge in [-0.1, -0.05) is 6.07 Å². The van der Waals surface area contributed by atoms with E-state index in [0.29, 0.717) is 11.3 Å². The van der Waals surface area contributed by atoms with E-state index >= 15 is 0 Å². The van der Waals surface area contributed by atoms with Crippen LogP contribution in [-0.2, 0) is 4.79 Å². The normalized spacial score (nSPS) is 22.6. The highest BCUT2D eigenvalue weighted by atomic mass is 32.2. The monoisotopic (exact) mass is 279 g/mol. The second kappa shape index (κ2) is 5.25. The first-order valence-electron chi connectivity index (χ1n) is 6.16. The summed E-state index contributed by atoms with van der Waals surface area (Å²) in [7, 11) is 0. The van der Waals surface area contributed by atoms with Crippen LogP contribution in [0, 0.1) is 13.8 Å². The summed E-state index contributed by atoms with van der Waals surface area (Å²) in [4.78, 5) is 25.2. The molecule has 1 amide bonds. The molecule has 0 saturated carbocycles. The number of rotatable bonds is 2. The van der Waals surface area contributed by atoms with Crippen molar-refractivity contribution in [3.05, 3.63) is 34.9 Å². The number of hydrogen-bond acceptors (Lipinski definition) is 3. The highest BCUT2D eigenvalue weighted by molar-refractivity contribution is 8.00. The lowest BCUT2D eigenvalue weighted by molar-refractivity contribution is -0.141. The number of thioether (sulfide) groups is 1. The first kappa shape index (κ1) is 13.9. The lowest BCUT2D eigenvalue weighted by Crippen LogP contribution is -2.44. The zero-order valence-electron chi connectivity index (χ0n) is 11.2. The molecule has 5 heteroatoms. The number of hydrogen-bond donors (Lipinski definition) is 1. The lowest BCUT2D eigenvalue weighted by Gasteiger charge is -2.25. The number of carboxylic acid groups (broad SMARTS) is 1. The van der Waals surface area contributed by atoms with Crippen molar-refractivity contribution in [3.8, 4) is 0 Å². The number of aryl methyl sites for hydroxylation is 2. The summed E-state index contributed by atoms with van der Waals surface area (Å²) < 4.78 is 0. The Morgan fingerprint density at radius 2 is 2.00 bits per heavy atom. The van der Waals surface area contributed by atoms with Gasteiger partial charge in [-0.2, -0.15) is 0 Å². The Labute approximate surface area is 116 Å². The fraction of sp³-hybridized carbons (Fsp3) is 0.429. The predicted molar refractivity (Wildman–Crippen MR) is 75.4 cm³/mol. The maximum atomic E-state index is 12.5. The molecule has 0 radical (unpaired) electrons. The van der Waals surface area contributed by atoms with Crippen LogP contribution >= 0.6 is 11.8 Å². The van der Waals surface area contributed by atoms with Gasteiger partial charge in [0.2, 0.25) is 0 Å². The van der Waals surface area contributed by atoms with Crippen LogP contribution in [0.5, 0.6) is 0 Å². The van der Waals surface area contributed by atoms with Crippen LogP contribution in [0.2, 0.25) is 0 Å². The highest BCUT2D eigenvalue weighted by Crippen LogP contribution is 2.30. The van der Waals surface area contributed by atoms with Crippen LogP contribution in [0.4, 0.5) is 0 Å². The fourth-order valence-corrected chi connectivity index (χ4v) is 3.33. The van der Waals surface area contributed by atoms with Crippen LogP contribution in [0.25, 0.3) is 0 Å². The van der Waals surface area contributed by atoms with E-state index in [1.807, 2.05) is 32.9 Å². The van der Waals surface area contributed by atoms with Gasteiger partial charge in [0.05, 0.1) is 5.37 Å². The lowest BCUT2D eigenvalue weighted by atomic mass is 10.0. The second-order valence-corrected chi connectivity index (χ2v) is 6.15. The highest BCUT2D eigenvalue weighted by Gasteiger charge is 2.39. The molecule has 4 nitrogen and oxygen atoms in total. The first-order chi connectivity index (χ1) is 8.91. The summed E-state index contributed by atoms with van der Waals surface area (Å²) in [6.07, 6.45) is 0. The van der Waals surface area contributed by atoms with E-state index in [1.54, 1.807) is 6.07 Å². The minimum Gasteiger partial charge on any atom is -0.480 e. The van der Waals surface area contributed by atoms with Gasteiger partial charge in [0.15, 0.2) is 0 Å².